The zero-order chi connectivity index (χ0) is 6.69. The largest absolute Gasteiger partial charge is 1.00 e. The van der Waals surface area contributed by atoms with E-state index in [1.165, 1.54) is 0 Å². The van der Waals surface area contributed by atoms with E-state index < -0.39 is 0 Å². The minimum atomic E-state index is 0. The molecule has 46 valence electrons. The van der Waals surface area contributed by atoms with Crippen molar-refractivity contribution in [1.29, 1.82) is 0 Å². The van der Waals surface area contributed by atoms with Gasteiger partial charge < -0.3 is 6.53 Å². The Morgan fingerprint density at radius 3 is 2.60 bits per heavy atom. The van der Waals surface area contributed by atoms with Gasteiger partial charge in [-0.2, -0.15) is 0 Å². The van der Waals surface area contributed by atoms with Crippen LogP contribution in [0.25, 0.3) is 0 Å². The van der Waals surface area contributed by atoms with E-state index in [0.717, 1.165) is 0 Å². The molecule has 1 N–H and O–H groups in total. The van der Waals surface area contributed by atoms with E-state index in [1.807, 2.05) is 0 Å². The van der Waals surface area contributed by atoms with Gasteiger partial charge in [-0.05, 0) is 18.2 Å². The van der Waals surface area contributed by atoms with E-state index in [1.54, 1.807) is 24.3 Å². The van der Waals surface area contributed by atoms with Crippen LogP contribution < -0.4 is 29.6 Å². The van der Waals surface area contributed by atoms with Gasteiger partial charge in [0.25, 0.3) is 0 Å². The molecule has 0 aliphatic heterocycles. The fraction of sp³-hybridized carbons (Fsp3) is 0. The van der Waals surface area contributed by atoms with Crippen LogP contribution in [-0.4, -0.2) is 5.11 Å². The smallest absolute Gasteiger partial charge is 1.00 e. The zero-order valence-corrected chi connectivity index (χ0v) is 7.83. The normalized spacial score (nSPS) is 7.50. The first-order chi connectivity index (χ1) is 4.33. The molecule has 1 aromatic carbocycles. The van der Waals surface area contributed by atoms with Gasteiger partial charge in [0.2, 0.25) is 0 Å². The molecular weight excluding hydrogens is 135 g/mol. The topological polar surface area (TPSA) is 20.2 Å². The van der Waals surface area contributed by atoms with Crippen LogP contribution in [0, 0.1) is 12.3 Å². The van der Waals surface area contributed by atoms with E-state index in [9.17, 15) is 0 Å². The summed E-state index contributed by atoms with van der Waals surface area (Å²) >= 11 is 0. The fourth-order valence-corrected chi connectivity index (χ4v) is 0.596. The van der Waals surface area contributed by atoms with Crippen molar-refractivity contribution in [3.05, 3.63) is 29.8 Å². The summed E-state index contributed by atoms with van der Waals surface area (Å²) in [5.74, 6) is 2.62. The van der Waals surface area contributed by atoms with Gasteiger partial charge in [0.15, 0.2) is 0 Å². The van der Waals surface area contributed by atoms with Gasteiger partial charge in [0.1, 0.15) is 5.75 Å². The second-order valence-electron chi connectivity index (χ2n) is 1.69. The quantitative estimate of drug-likeness (QED) is 0.345. The summed E-state index contributed by atoms with van der Waals surface area (Å²) in [6.07, 6.45) is 5.06. The van der Waals surface area contributed by atoms with Crippen LogP contribution in [0.5, 0.6) is 5.75 Å². The number of phenols is 1. The third kappa shape index (κ3) is 2.45. The number of aromatic hydroxyl groups is 1. The Bertz CT molecular complexity index is 255. The molecule has 1 rings (SSSR count). The SMILES string of the molecule is C#Cc1cccc(O)c1.[H-].[Na+]. The summed E-state index contributed by atoms with van der Waals surface area (Å²) in [4.78, 5) is 0. The van der Waals surface area contributed by atoms with Crippen LogP contribution in [0.2, 0.25) is 0 Å². The van der Waals surface area contributed by atoms with Gasteiger partial charge >= 0.3 is 29.6 Å². The molecule has 0 saturated carbocycles. The first-order valence-electron chi connectivity index (χ1n) is 2.58. The first kappa shape index (κ1) is 9.58. The van der Waals surface area contributed by atoms with E-state index in [4.69, 9.17) is 11.5 Å². The summed E-state index contributed by atoms with van der Waals surface area (Å²) in [7, 11) is 0. The van der Waals surface area contributed by atoms with Crippen molar-refractivity contribution in [2.75, 3.05) is 0 Å². The molecule has 0 heterocycles. The zero-order valence-electron chi connectivity index (χ0n) is 6.83. The van der Waals surface area contributed by atoms with Gasteiger partial charge in [0.05, 0.1) is 0 Å². The van der Waals surface area contributed by atoms with Crippen LogP contribution in [0.3, 0.4) is 0 Å². The number of phenolic OH excluding ortho intramolecular Hbond substituents is 1. The van der Waals surface area contributed by atoms with E-state index in [0.29, 0.717) is 5.56 Å². The molecule has 0 atom stereocenters. The Morgan fingerprint density at radius 2 is 2.20 bits per heavy atom. The van der Waals surface area contributed by atoms with Gasteiger partial charge in [-0.15, -0.1) is 6.42 Å². The van der Waals surface area contributed by atoms with Crippen LogP contribution >= 0.6 is 0 Å². The van der Waals surface area contributed by atoms with Crippen molar-refractivity contribution in [3.63, 3.8) is 0 Å². The molecule has 0 bridgehead atoms. The third-order valence-electron chi connectivity index (χ3n) is 1.01. The van der Waals surface area contributed by atoms with Crippen molar-refractivity contribution in [1.82, 2.24) is 0 Å². The van der Waals surface area contributed by atoms with Crippen molar-refractivity contribution in [2.45, 2.75) is 0 Å². The maximum Gasteiger partial charge on any atom is 1.00 e. The molecule has 0 saturated heterocycles. The summed E-state index contributed by atoms with van der Waals surface area (Å²) in [6.45, 7) is 0. The molecular formula is C8H7NaO. The maximum absolute atomic E-state index is 8.85. The molecule has 0 amide bonds. The third-order valence-corrected chi connectivity index (χ3v) is 1.01. The van der Waals surface area contributed by atoms with Gasteiger partial charge in [0, 0.05) is 5.56 Å². The second kappa shape index (κ2) is 4.40. The molecule has 0 radical (unpaired) electrons. The number of hydrogen-bond donors (Lipinski definition) is 1. The Morgan fingerprint density at radius 1 is 1.50 bits per heavy atom. The van der Waals surface area contributed by atoms with Crippen molar-refractivity contribution in [2.24, 2.45) is 0 Å². The van der Waals surface area contributed by atoms with Crippen molar-refractivity contribution >= 4 is 0 Å². The van der Waals surface area contributed by atoms with Crippen LogP contribution in [-0.2, 0) is 0 Å². The molecule has 1 aromatic rings. The number of hydrogen-bond acceptors (Lipinski definition) is 1. The minimum Gasteiger partial charge on any atom is -1.00 e. The Labute approximate surface area is 83.9 Å². The molecule has 0 aromatic heterocycles. The molecule has 0 aliphatic rings. The molecule has 0 spiro atoms. The van der Waals surface area contributed by atoms with Gasteiger partial charge in [-0.1, -0.05) is 12.0 Å². The average molecular weight is 142 g/mol. The van der Waals surface area contributed by atoms with E-state index >= 15 is 0 Å². The summed E-state index contributed by atoms with van der Waals surface area (Å²) < 4.78 is 0. The maximum atomic E-state index is 8.85. The van der Waals surface area contributed by atoms with Crippen LogP contribution in [0.1, 0.15) is 6.99 Å². The molecule has 0 unspecified atom stereocenters. The molecule has 1 nitrogen and oxygen atoms in total. The number of rotatable bonds is 0. The van der Waals surface area contributed by atoms with Crippen molar-refractivity contribution < 1.29 is 36.1 Å². The fourth-order valence-electron chi connectivity index (χ4n) is 0.596. The summed E-state index contributed by atoms with van der Waals surface area (Å²) in [5.41, 5.74) is 0.704. The number of benzene rings is 1. The van der Waals surface area contributed by atoms with E-state index in [-0.39, 0.29) is 36.7 Å². The van der Waals surface area contributed by atoms with Gasteiger partial charge in [-0.3, -0.25) is 0 Å². The predicted molar refractivity (Wildman–Crippen MR) is 37.2 cm³/mol. The predicted octanol–water partition coefficient (Wildman–Crippen LogP) is -1.51. The van der Waals surface area contributed by atoms with Crippen LogP contribution in [0.15, 0.2) is 24.3 Å². The Hall–Kier alpha value is -0.420. The molecule has 10 heavy (non-hydrogen) atoms. The molecule has 0 fully saturated rings. The standard InChI is InChI=1S/C8H6O.Na.H/c1-2-7-4-3-5-8(9)6-7;;/h1,3-6,9H;;/q;+1;-1. The monoisotopic (exact) mass is 142 g/mol. The van der Waals surface area contributed by atoms with Gasteiger partial charge in [-0.25, -0.2) is 0 Å². The molecule has 0 aliphatic carbocycles. The summed E-state index contributed by atoms with van der Waals surface area (Å²) in [5, 5.41) is 8.85. The minimum absolute atomic E-state index is 0. The Kier molecular flexibility index (Phi) is 4.22. The average Bonchev–Trinajstić information content (AvgIpc) is 1.88. The second-order valence-corrected chi connectivity index (χ2v) is 1.69. The first-order valence-corrected chi connectivity index (χ1v) is 2.58. The van der Waals surface area contributed by atoms with Crippen molar-refractivity contribution in [3.8, 4) is 18.1 Å². The molecule has 2 heteroatoms. The summed E-state index contributed by atoms with van der Waals surface area (Å²) in [6, 6.07) is 6.60. The van der Waals surface area contributed by atoms with E-state index in [2.05, 4.69) is 5.92 Å². The number of terminal acetylenes is 1. The van der Waals surface area contributed by atoms with Crippen LogP contribution in [0.4, 0.5) is 0 Å². The Balaban J connectivity index is 0.